The molecule has 2 fully saturated rings. The predicted octanol–water partition coefficient (Wildman–Crippen LogP) is 2.33. The van der Waals surface area contributed by atoms with E-state index in [1.165, 1.54) is 6.07 Å². The minimum absolute atomic E-state index is 0.0874. The molecule has 0 aliphatic carbocycles. The Morgan fingerprint density at radius 3 is 2.88 bits per heavy atom. The zero-order valence-electron chi connectivity index (χ0n) is 14.9. The van der Waals surface area contributed by atoms with E-state index in [0.717, 1.165) is 44.3 Å². The van der Waals surface area contributed by atoms with Gasteiger partial charge in [-0.3, -0.25) is 14.9 Å². The number of likely N-dealkylation sites (tertiary alicyclic amines) is 1. The highest BCUT2D eigenvalue weighted by molar-refractivity contribution is 6.30. The van der Waals surface area contributed by atoms with Gasteiger partial charge in [0.25, 0.3) is 0 Å². The second kappa shape index (κ2) is 8.35. The molecule has 0 radical (unpaired) electrons. The number of nitrogens with one attached hydrogen (secondary N) is 2. The largest absolute Gasteiger partial charge is 0.345 e. The summed E-state index contributed by atoms with van der Waals surface area (Å²) in [6.07, 6.45) is 3.96. The molecule has 2 N–H and O–H groups in total. The van der Waals surface area contributed by atoms with Crippen LogP contribution in [0.25, 0.3) is 0 Å². The topological polar surface area (TPSA) is 61.4 Å². The quantitative estimate of drug-likeness (QED) is 0.787. The van der Waals surface area contributed by atoms with Crippen LogP contribution in [0.5, 0.6) is 0 Å². The van der Waals surface area contributed by atoms with Gasteiger partial charge in [-0.1, -0.05) is 17.7 Å². The summed E-state index contributed by atoms with van der Waals surface area (Å²) in [4.78, 5) is 26.2. The average molecular weight is 382 g/mol. The molecule has 0 aromatic heterocycles. The van der Waals surface area contributed by atoms with Gasteiger partial charge in [0.1, 0.15) is 11.7 Å². The first-order chi connectivity index (χ1) is 12.4. The lowest BCUT2D eigenvalue weighted by Gasteiger charge is -2.33. The van der Waals surface area contributed by atoms with Crippen molar-refractivity contribution in [2.24, 2.45) is 11.8 Å². The summed E-state index contributed by atoms with van der Waals surface area (Å²) in [5.41, 5.74) is 1.02. The van der Waals surface area contributed by atoms with Crippen molar-refractivity contribution in [3.63, 3.8) is 0 Å². The molecule has 142 valence electrons. The van der Waals surface area contributed by atoms with Crippen LogP contribution < -0.4 is 10.6 Å². The summed E-state index contributed by atoms with van der Waals surface area (Å²) in [7, 11) is 1.74. The molecule has 26 heavy (non-hydrogen) atoms. The van der Waals surface area contributed by atoms with Gasteiger partial charge < -0.3 is 10.2 Å². The van der Waals surface area contributed by atoms with E-state index in [9.17, 15) is 14.0 Å². The molecular weight excluding hydrogens is 357 g/mol. The third kappa shape index (κ3) is 4.54. The number of carbonyl (C=O) groups excluding carboxylic acids is 2. The third-order valence-corrected chi connectivity index (χ3v) is 5.61. The SMILES string of the molecule is CN1CCCC(C(=O)NC2CCC(Cc3ccc(F)c(Cl)c3)CN2)C1=O. The first kappa shape index (κ1) is 19.1. The Bertz CT molecular complexity index is 677. The van der Waals surface area contributed by atoms with Gasteiger partial charge in [-0.15, -0.1) is 0 Å². The second-order valence-electron chi connectivity index (χ2n) is 7.32. The van der Waals surface area contributed by atoms with Gasteiger partial charge in [-0.05, 0) is 55.7 Å². The number of nitrogens with zero attached hydrogens (tertiary/aromatic N) is 1. The Labute approximate surface area is 158 Å². The van der Waals surface area contributed by atoms with Crippen LogP contribution in [0.1, 0.15) is 31.2 Å². The van der Waals surface area contributed by atoms with Crippen LogP contribution in [0.15, 0.2) is 18.2 Å². The van der Waals surface area contributed by atoms with Crippen LogP contribution in [0, 0.1) is 17.7 Å². The number of carbonyl (C=O) groups is 2. The first-order valence-corrected chi connectivity index (χ1v) is 9.54. The highest BCUT2D eigenvalue weighted by atomic mass is 35.5. The van der Waals surface area contributed by atoms with E-state index in [2.05, 4.69) is 10.6 Å². The Kier molecular flexibility index (Phi) is 6.14. The van der Waals surface area contributed by atoms with Crippen molar-refractivity contribution in [2.75, 3.05) is 20.1 Å². The summed E-state index contributed by atoms with van der Waals surface area (Å²) >= 11 is 5.84. The maximum Gasteiger partial charge on any atom is 0.234 e. The third-order valence-electron chi connectivity index (χ3n) is 5.32. The molecule has 3 atom stereocenters. The molecule has 0 saturated carbocycles. The van der Waals surface area contributed by atoms with Gasteiger partial charge in [-0.25, -0.2) is 4.39 Å². The number of amides is 2. The van der Waals surface area contributed by atoms with Crippen molar-refractivity contribution >= 4 is 23.4 Å². The number of piperidine rings is 2. The summed E-state index contributed by atoms with van der Waals surface area (Å²) < 4.78 is 13.2. The lowest BCUT2D eigenvalue weighted by atomic mass is 9.90. The monoisotopic (exact) mass is 381 g/mol. The molecule has 2 amide bonds. The average Bonchev–Trinajstić information content (AvgIpc) is 2.62. The fraction of sp³-hybridized carbons (Fsp3) is 0.579. The number of halogens is 2. The molecule has 2 saturated heterocycles. The van der Waals surface area contributed by atoms with E-state index in [1.807, 2.05) is 0 Å². The highest BCUT2D eigenvalue weighted by Gasteiger charge is 2.33. The van der Waals surface area contributed by atoms with Crippen LogP contribution in [0.3, 0.4) is 0 Å². The van der Waals surface area contributed by atoms with Crippen LogP contribution in [-0.4, -0.2) is 43.0 Å². The lowest BCUT2D eigenvalue weighted by Crippen LogP contribution is -2.54. The Morgan fingerprint density at radius 1 is 1.38 bits per heavy atom. The standard InChI is InChI=1S/C19H25ClFN3O2/c1-24-8-2-3-14(19(24)26)18(25)23-17-7-5-13(11-22-17)9-12-4-6-16(21)15(20)10-12/h4,6,10,13-14,17,22H,2-3,5,7-9,11H2,1H3,(H,23,25). The minimum atomic E-state index is -0.561. The molecule has 1 aromatic carbocycles. The summed E-state index contributed by atoms with van der Waals surface area (Å²) in [5, 5.41) is 6.47. The van der Waals surface area contributed by atoms with Crippen molar-refractivity contribution in [1.29, 1.82) is 0 Å². The molecule has 2 aliphatic rings. The molecule has 7 heteroatoms. The van der Waals surface area contributed by atoms with Crippen molar-refractivity contribution in [1.82, 2.24) is 15.5 Å². The number of benzene rings is 1. The highest BCUT2D eigenvalue weighted by Crippen LogP contribution is 2.23. The molecule has 5 nitrogen and oxygen atoms in total. The van der Waals surface area contributed by atoms with Gasteiger partial charge in [0.2, 0.25) is 11.8 Å². The zero-order chi connectivity index (χ0) is 18.7. The predicted molar refractivity (Wildman–Crippen MR) is 98.1 cm³/mol. The van der Waals surface area contributed by atoms with Gasteiger partial charge in [0, 0.05) is 20.1 Å². The molecule has 2 heterocycles. The maximum absolute atomic E-state index is 13.2. The fourth-order valence-corrected chi connectivity index (χ4v) is 3.96. The Balaban J connectivity index is 1.47. The van der Waals surface area contributed by atoms with Gasteiger partial charge >= 0.3 is 0 Å². The molecule has 1 aromatic rings. The van der Waals surface area contributed by atoms with Crippen molar-refractivity contribution in [3.8, 4) is 0 Å². The van der Waals surface area contributed by atoms with Crippen molar-refractivity contribution in [2.45, 2.75) is 38.3 Å². The van der Waals surface area contributed by atoms with Gasteiger partial charge in [0.05, 0.1) is 11.2 Å². The van der Waals surface area contributed by atoms with Gasteiger partial charge in [-0.2, -0.15) is 0 Å². The van der Waals surface area contributed by atoms with Crippen LogP contribution in [-0.2, 0) is 16.0 Å². The zero-order valence-corrected chi connectivity index (χ0v) is 15.7. The van der Waals surface area contributed by atoms with Crippen LogP contribution in [0.2, 0.25) is 5.02 Å². The molecule has 0 bridgehead atoms. The van der Waals surface area contributed by atoms with E-state index in [4.69, 9.17) is 11.6 Å². The minimum Gasteiger partial charge on any atom is -0.345 e. The van der Waals surface area contributed by atoms with Crippen molar-refractivity contribution < 1.29 is 14.0 Å². The molecule has 2 aliphatic heterocycles. The summed E-state index contributed by atoms with van der Waals surface area (Å²) in [5.74, 6) is -0.817. The number of hydrogen-bond donors (Lipinski definition) is 2. The fourth-order valence-electron chi connectivity index (χ4n) is 3.76. The Morgan fingerprint density at radius 2 is 2.19 bits per heavy atom. The van der Waals surface area contributed by atoms with E-state index < -0.39 is 11.7 Å². The van der Waals surface area contributed by atoms with Crippen LogP contribution in [0.4, 0.5) is 4.39 Å². The van der Waals surface area contributed by atoms with Crippen molar-refractivity contribution in [3.05, 3.63) is 34.6 Å². The van der Waals surface area contributed by atoms with Crippen LogP contribution >= 0.6 is 11.6 Å². The summed E-state index contributed by atoms with van der Waals surface area (Å²) in [6.45, 7) is 1.48. The molecule has 0 spiro atoms. The van der Waals surface area contributed by atoms with Gasteiger partial charge in [0.15, 0.2) is 0 Å². The molecule has 3 rings (SSSR count). The van der Waals surface area contributed by atoms with E-state index in [-0.39, 0.29) is 23.0 Å². The lowest BCUT2D eigenvalue weighted by molar-refractivity contribution is -0.144. The van der Waals surface area contributed by atoms with E-state index >= 15 is 0 Å². The first-order valence-electron chi connectivity index (χ1n) is 9.16. The smallest absolute Gasteiger partial charge is 0.234 e. The van der Waals surface area contributed by atoms with E-state index in [1.54, 1.807) is 24.1 Å². The maximum atomic E-state index is 13.2. The Hall–Kier alpha value is -1.66. The van der Waals surface area contributed by atoms with E-state index in [0.29, 0.717) is 12.3 Å². The number of hydrogen-bond acceptors (Lipinski definition) is 3. The second-order valence-corrected chi connectivity index (χ2v) is 7.73. The normalized spacial score (nSPS) is 26.7. The number of rotatable bonds is 4. The molecule has 3 unspecified atom stereocenters. The molecular formula is C19H25ClFN3O2. The summed E-state index contributed by atoms with van der Waals surface area (Å²) in [6, 6.07) is 4.84.